The number of fused-ring (bicyclic) bond motifs is 1. The summed E-state index contributed by atoms with van der Waals surface area (Å²) in [5, 5.41) is 0. The lowest BCUT2D eigenvalue weighted by Crippen LogP contribution is -2.37. The summed E-state index contributed by atoms with van der Waals surface area (Å²) in [6.45, 7) is 1.73. The van der Waals surface area contributed by atoms with Gasteiger partial charge in [0.1, 0.15) is 0 Å². The highest BCUT2D eigenvalue weighted by molar-refractivity contribution is 5.97. The molecule has 0 saturated carbocycles. The number of carbonyl (C=O) groups excluding carboxylic acids is 1. The van der Waals surface area contributed by atoms with Crippen LogP contribution in [0.1, 0.15) is 36.1 Å². The van der Waals surface area contributed by atoms with Crippen LogP contribution < -0.4 is 10.6 Å². The zero-order chi connectivity index (χ0) is 17.5. The summed E-state index contributed by atoms with van der Waals surface area (Å²) < 4.78 is 38.8. The van der Waals surface area contributed by atoms with Crippen LogP contribution in [-0.4, -0.2) is 5.91 Å². The highest BCUT2D eigenvalue weighted by Gasteiger charge is 2.33. The number of anilines is 2. The van der Waals surface area contributed by atoms with Gasteiger partial charge in [-0.15, -0.1) is 0 Å². The summed E-state index contributed by atoms with van der Waals surface area (Å²) in [5.74, 6) is -0.0998. The van der Waals surface area contributed by atoms with Gasteiger partial charge in [0.2, 0.25) is 5.91 Å². The lowest BCUT2D eigenvalue weighted by Gasteiger charge is -2.35. The number of nitrogen functional groups attached to an aromatic ring is 1. The van der Waals surface area contributed by atoms with E-state index in [2.05, 4.69) is 0 Å². The summed E-state index contributed by atoms with van der Waals surface area (Å²) in [6, 6.07) is 9.88. The Labute approximate surface area is 137 Å². The first-order chi connectivity index (χ1) is 11.3. The van der Waals surface area contributed by atoms with Crippen LogP contribution in [0.15, 0.2) is 42.5 Å². The average molecular weight is 334 g/mol. The van der Waals surface area contributed by atoms with Crippen LogP contribution in [0.5, 0.6) is 0 Å². The molecule has 2 aromatic carbocycles. The molecule has 0 fully saturated rings. The van der Waals surface area contributed by atoms with E-state index in [1.54, 1.807) is 30.0 Å². The van der Waals surface area contributed by atoms with Crippen LogP contribution in [0.3, 0.4) is 0 Å². The fraction of sp³-hybridized carbons (Fsp3) is 0.278. The molecule has 3 nitrogen and oxygen atoms in total. The number of nitrogens with zero attached hydrogens (tertiary/aromatic N) is 1. The van der Waals surface area contributed by atoms with Crippen molar-refractivity contribution in [3.05, 3.63) is 59.2 Å². The minimum atomic E-state index is -4.41. The quantitative estimate of drug-likeness (QED) is 0.831. The molecule has 0 aromatic heterocycles. The van der Waals surface area contributed by atoms with Crippen LogP contribution in [-0.2, 0) is 17.4 Å². The molecule has 1 aliphatic rings. The van der Waals surface area contributed by atoms with Gasteiger partial charge in [0.15, 0.2) is 0 Å². The number of alkyl halides is 3. The topological polar surface area (TPSA) is 46.3 Å². The van der Waals surface area contributed by atoms with Gasteiger partial charge < -0.3 is 10.6 Å². The smallest absolute Gasteiger partial charge is 0.399 e. The predicted molar refractivity (Wildman–Crippen MR) is 86.5 cm³/mol. The number of rotatable bonds is 2. The maximum absolute atomic E-state index is 12.9. The highest BCUT2D eigenvalue weighted by Crippen LogP contribution is 2.37. The molecule has 0 spiro atoms. The van der Waals surface area contributed by atoms with Crippen molar-refractivity contribution >= 4 is 17.3 Å². The maximum Gasteiger partial charge on any atom is 0.416 e. The van der Waals surface area contributed by atoms with E-state index < -0.39 is 17.8 Å². The summed E-state index contributed by atoms with van der Waals surface area (Å²) in [6.07, 6.45) is -3.50. The summed E-state index contributed by atoms with van der Waals surface area (Å²) >= 11 is 0. The number of amides is 1. The molecule has 1 aliphatic heterocycles. The van der Waals surface area contributed by atoms with Crippen LogP contribution in [0.25, 0.3) is 0 Å². The van der Waals surface area contributed by atoms with Gasteiger partial charge >= 0.3 is 6.18 Å². The number of carbonyl (C=O) groups is 1. The number of hydrogen-bond acceptors (Lipinski definition) is 2. The number of aryl methyl sites for hydroxylation is 1. The standard InChI is InChI=1S/C18H17F3N2O/c1-11(12-3-2-4-14(9-12)18(19,20)21)23-16-7-6-15(22)10-13(16)5-8-17(23)24/h2-4,6-7,9-11H,5,8,22H2,1H3/t11-/m0/s1. The van der Waals surface area contributed by atoms with E-state index in [9.17, 15) is 18.0 Å². The first-order valence-corrected chi connectivity index (χ1v) is 7.65. The molecule has 126 valence electrons. The van der Waals surface area contributed by atoms with Crippen molar-refractivity contribution < 1.29 is 18.0 Å². The van der Waals surface area contributed by atoms with E-state index in [0.717, 1.165) is 17.7 Å². The predicted octanol–water partition coefficient (Wildman–Crippen LogP) is 4.33. The van der Waals surface area contributed by atoms with E-state index in [-0.39, 0.29) is 5.91 Å². The molecule has 1 atom stereocenters. The van der Waals surface area contributed by atoms with E-state index in [4.69, 9.17) is 5.73 Å². The van der Waals surface area contributed by atoms with Crippen molar-refractivity contribution in [2.45, 2.75) is 32.0 Å². The van der Waals surface area contributed by atoms with E-state index in [1.807, 2.05) is 6.07 Å². The Balaban J connectivity index is 2.01. The molecule has 6 heteroatoms. The number of halogens is 3. The molecular formula is C18H17F3N2O. The minimum Gasteiger partial charge on any atom is -0.399 e. The third-order valence-electron chi connectivity index (χ3n) is 4.32. The molecule has 3 rings (SSSR count). The van der Waals surface area contributed by atoms with Gasteiger partial charge in [-0.3, -0.25) is 4.79 Å². The first kappa shape index (κ1) is 16.4. The molecule has 2 aromatic rings. The maximum atomic E-state index is 12.9. The average Bonchev–Trinajstić information content (AvgIpc) is 2.54. The molecular weight excluding hydrogens is 317 g/mol. The van der Waals surface area contributed by atoms with Crippen molar-refractivity contribution in [1.29, 1.82) is 0 Å². The Hall–Kier alpha value is -2.50. The van der Waals surface area contributed by atoms with Crippen LogP contribution >= 0.6 is 0 Å². The van der Waals surface area contributed by atoms with Crippen LogP contribution in [0.2, 0.25) is 0 Å². The normalized spacial score (nSPS) is 16.0. The molecule has 1 amide bonds. The monoisotopic (exact) mass is 334 g/mol. The summed E-state index contributed by atoms with van der Waals surface area (Å²) in [7, 11) is 0. The first-order valence-electron chi connectivity index (χ1n) is 7.65. The van der Waals surface area contributed by atoms with Crippen molar-refractivity contribution in [3.63, 3.8) is 0 Å². The molecule has 0 radical (unpaired) electrons. The lowest BCUT2D eigenvalue weighted by atomic mass is 9.96. The van der Waals surface area contributed by atoms with Gasteiger partial charge in [0.05, 0.1) is 11.6 Å². The number of nitrogens with two attached hydrogens (primary N) is 1. The van der Waals surface area contributed by atoms with Crippen molar-refractivity contribution in [2.75, 3.05) is 10.6 Å². The third-order valence-corrected chi connectivity index (χ3v) is 4.32. The van der Waals surface area contributed by atoms with Gasteiger partial charge in [-0.1, -0.05) is 12.1 Å². The van der Waals surface area contributed by atoms with E-state index in [0.29, 0.717) is 29.8 Å². The van der Waals surface area contributed by atoms with Gasteiger partial charge in [-0.05, 0) is 54.8 Å². The van der Waals surface area contributed by atoms with E-state index >= 15 is 0 Å². The molecule has 0 saturated heterocycles. The largest absolute Gasteiger partial charge is 0.416 e. The lowest BCUT2D eigenvalue weighted by molar-refractivity contribution is -0.137. The Kier molecular flexibility index (Phi) is 3.99. The molecule has 0 aliphatic carbocycles. The zero-order valence-corrected chi connectivity index (χ0v) is 13.1. The molecule has 1 heterocycles. The third kappa shape index (κ3) is 2.96. The Bertz CT molecular complexity index is 786. The fourth-order valence-corrected chi connectivity index (χ4v) is 3.09. The molecule has 2 N–H and O–H groups in total. The van der Waals surface area contributed by atoms with Gasteiger partial charge in [0.25, 0.3) is 0 Å². The minimum absolute atomic E-state index is 0.0998. The molecule has 0 bridgehead atoms. The van der Waals surface area contributed by atoms with E-state index in [1.165, 1.54) is 6.07 Å². The van der Waals surface area contributed by atoms with Crippen LogP contribution in [0, 0.1) is 0 Å². The van der Waals surface area contributed by atoms with Crippen molar-refractivity contribution in [2.24, 2.45) is 0 Å². The second kappa shape index (κ2) is 5.85. The second-order valence-corrected chi connectivity index (χ2v) is 5.95. The fourth-order valence-electron chi connectivity index (χ4n) is 3.09. The number of hydrogen-bond donors (Lipinski definition) is 1. The van der Waals surface area contributed by atoms with Gasteiger partial charge in [0, 0.05) is 17.8 Å². The molecule has 24 heavy (non-hydrogen) atoms. The summed E-state index contributed by atoms with van der Waals surface area (Å²) in [5.41, 5.74) is 7.78. The van der Waals surface area contributed by atoms with Crippen molar-refractivity contribution in [1.82, 2.24) is 0 Å². The Morgan fingerprint density at radius 3 is 2.58 bits per heavy atom. The highest BCUT2D eigenvalue weighted by atomic mass is 19.4. The van der Waals surface area contributed by atoms with Gasteiger partial charge in [-0.25, -0.2) is 0 Å². The van der Waals surface area contributed by atoms with Gasteiger partial charge in [-0.2, -0.15) is 13.2 Å². The van der Waals surface area contributed by atoms with Crippen molar-refractivity contribution in [3.8, 4) is 0 Å². The number of benzene rings is 2. The molecule has 0 unspecified atom stereocenters. The summed E-state index contributed by atoms with van der Waals surface area (Å²) in [4.78, 5) is 14.0. The van der Waals surface area contributed by atoms with Crippen LogP contribution in [0.4, 0.5) is 24.5 Å². The SMILES string of the molecule is C[C@@H](c1cccc(C(F)(F)F)c1)N1C(=O)CCc2cc(N)ccc21. The second-order valence-electron chi connectivity index (χ2n) is 5.95. The zero-order valence-electron chi connectivity index (χ0n) is 13.1. The Morgan fingerprint density at radius 2 is 1.88 bits per heavy atom. The Morgan fingerprint density at radius 1 is 1.12 bits per heavy atom.